The molecule has 0 amide bonds. The molecule has 0 fully saturated rings. The van der Waals surface area contributed by atoms with Gasteiger partial charge in [0.2, 0.25) is 0 Å². The molecule has 0 heterocycles. The van der Waals surface area contributed by atoms with E-state index in [4.69, 9.17) is 0 Å². The quantitative estimate of drug-likeness (QED) is 0.813. The molecule has 118 valence electrons. The lowest BCUT2D eigenvalue weighted by atomic mass is 9.90. The van der Waals surface area contributed by atoms with Gasteiger partial charge in [-0.2, -0.15) is 13.2 Å². The molecule has 4 nitrogen and oxygen atoms in total. The van der Waals surface area contributed by atoms with Crippen molar-refractivity contribution < 1.29 is 27.8 Å². The predicted molar refractivity (Wildman–Crippen MR) is 70.9 cm³/mol. The lowest BCUT2D eigenvalue weighted by Crippen LogP contribution is -2.55. The van der Waals surface area contributed by atoms with E-state index in [0.29, 0.717) is 5.56 Å². The van der Waals surface area contributed by atoms with Crippen molar-refractivity contribution in [3.05, 3.63) is 35.9 Å². The molecule has 21 heavy (non-hydrogen) atoms. The van der Waals surface area contributed by atoms with Crippen molar-refractivity contribution >= 4 is 5.97 Å². The van der Waals surface area contributed by atoms with Gasteiger partial charge in [-0.1, -0.05) is 30.3 Å². The number of alkyl halides is 3. The van der Waals surface area contributed by atoms with Gasteiger partial charge < -0.3 is 9.84 Å². The zero-order valence-electron chi connectivity index (χ0n) is 11.8. The Balaban J connectivity index is 3.05. The second-order valence-electron chi connectivity index (χ2n) is 4.98. The van der Waals surface area contributed by atoms with Gasteiger partial charge in [-0.3, -0.25) is 5.32 Å². The Labute approximate surface area is 120 Å². The first-order valence-corrected chi connectivity index (χ1v) is 6.38. The molecule has 1 aromatic rings. The highest BCUT2D eigenvalue weighted by Crippen LogP contribution is 2.24. The van der Waals surface area contributed by atoms with Crippen LogP contribution in [0, 0.1) is 0 Å². The largest absolute Gasteiger partial charge is 0.480 e. The smallest absolute Gasteiger partial charge is 0.411 e. The van der Waals surface area contributed by atoms with Gasteiger partial charge in [0, 0.05) is 6.04 Å². The third-order valence-corrected chi connectivity index (χ3v) is 2.75. The summed E-state index contributed by atoms with van der Waals surface area (Å²) in [6, 6.07) is 7.77. The summed E-state index contributed by atoms with van der Waals surface area (Å²) in [6.45, 7) is 1.31. The minimum Gasteiger partial charge on any atom is -0.480 e. The van der Waals surface area contributed by atoms with E-state index in [1.54, 1.807) is 44.2 Å². The summed E-state index contributed by atoms with van der Waals surface area (Å²) in [5.74, 6) is -1.29. The number of ether oxygens (including phenoxy) is 1. The molecule has 1 aromatic carbocycles. The minimum atomic E-state index is -4.50. The Morgan fingerprint density at radius 1 is 1.24 bits per heavy atom. The standard InChI is InChI=1S/C14H18F3NO3/c1-10(2)18-13(12(19)20,8-21-9-14(15,16)17)11-6-4-3-5-7-11/h3-7,10,18H,8-9H2,1-2H3,(H,19,20). The fourth-order valence-electron chi connectivity index (χ4n) is 1.99. The Morgan fingerprint density at radius 3 is 2.24 bits per heavy atom. The lowest BCUT2D eigenvalue weighted by molar-refractivity contribution is -0.183. The number of benzene rings is 1. The van der Waals surface area contributed by atoms with Crippen molar-refractivity contribution in [2.24, 2.45) is 0 Å². The number of hydrogen-bond donors (Lipinski definition) is 2. The SMILES string of the molecule is CC(C)NC(COCC(F)(F)F)(C(=O)O)c1ccccc1. The van der Waals surface area contributed by atoms with Crippen molar-refractivity contribution in [2.45, 2.75) is 31.6 Å². The van der Waals surface area contributed by atoms with Crippen molar-refractivity contribution in [1.82, 2.24) is 5.32 Å². The van der Waals surface area contributed by atoms with Crippen molar-refractivity contribution in [3.8, 4) is 0 Å². The minimum absolute atomic E-state index is 0.254. The Bertz CT molecular complexity index is 462. The predicted octanol–water partition coefficient (Wildman–Crippen LogP) is 2.54. The summed E-state index contributed by atoms with van der Waals surface area (Å²) in [5.41, 5.74) is -1.38. The topological polar surface area (TPSA) is 58.6 Å². The van der Waals surface area contributed by atoms with Crippen molar-refractivity contribution in [3.63, 3.8) is 0 Å². The van der Waals surface area contributed by atoms with Crippen LogP contribution >= 0.6 is 0 Å². The van der Waals surface area contributed by atoms with Gasteiger partial charge in [-0.05, 0) is 19.4 Å². The fraction of sp³-hybridized carbons (Fsp3) is 0.500. The van der Waals surface area contributed by atoms with E-state index in [0.717, 1.165) is 0 Å². The molecule has 0 radical (unpaired) electrons. The van der Waals surface area contributed by atoms with Gasteiger partial charge >= 0.3 is 12.1 Å². The normalized spacial score (nSPS) is 15.0. The molecule has 0 spiro atoms. The third-order valence-electron chi connectivity index (χ3n) is 2.75. The van der Waals surface area contributed by atoms with Crippen LogP contribution in [0.2, 0.25) is 0 Å². The van der Waals surface area contributed by atoms with Crippen LogP contribution < -0.4 is 5.32 Å². The Morgan fingerprint density at radius 2 is 1.81 bits per heavy atom. The van der Waals surface area contributed by atoms with Gasteiger partial charge in [0.05, 0.1) is 6.61 Å². The number of aliphatic carboxylic acids is 1. The number of nitrogens with one attached hydrogen (secondary N) is 1. The van der Waals surface area contributed by atoms with Gasteiger partial charge in [-0.25, -0.2) is 4.79 Å². The Kier molecular flexibility index (Phi) is 5.74. The van der Waals surface area contributed by atoms with Crippen LogP contribution in [0.25, 0.3) is 0 Å². The molecule has 0 saturated heterocycles. The number of rotatable bonds is 7. The molecule has 2 N–H and O–H groups in total. The van der Waals surface area contributed by atoms with Crippen LogP contribution in [-0.2, 0) is 15.1 Å². The van der Waals surface area contributed by atoms with E-state index < -0.39 is 30.9 Å². The monoisotopic (exact) mass is 305 g/mol. The first kappa shape index (κ1) is 17.5. The molecule has 1 unspecified atom stereocenters. The van der Waals surface area contributed by atoms with Crippen LogP contribution in [-0.4, -0.2) is 36.5 Å². The average molecular weight is 305 g/mol. The second-order valence-corrected chi connectivity index (χ2v) is 4.98. The summed E-state index contributed by atoms with van der Waals surface area (Å²) >= 11 is 0. The summed E-state index contributed by atoms with van der Waals surface area (Å²) in [4.78, 5) is 11.7. The number of carbonyl (C=O) groups is 1. The van der Waals surface area contributed by atoms with E-state index in [1.807, 2.05) is 0 Å². The van der Waals surface area contributed by atoms with Crippen LogP contribution in [0.4, 0.5) is 13.2 Å². The summed E-state index contributed by atoms with van der Waals surface area (Å²) in [7, 11) is 0. The van der Waals surface area contributed by atoms with E-state index in [2.05, 4.69) is 10.1 Å². The molecule has 0 bridgehead atoms. The number of halogens is 3. The van der Waals surface area contributed by atoms with Crippen molar-refractivity contribution in [2.75, 3.05) is 13.2 Å². The van der Waals surface area contributed by atoms with Gasteiger partial charge in [0.15, 0.2) is 5.54 Å². The summed E-state index contributed by atoms with van der Waals surface area (Å²) in [5, 5.41) is 12.3. The molecule has 0 aliphatic carbocycles. The Hall–Kier alpha value is -1.60. The van der Waals surface area contributed by atoms with Crippen LogP contribution in [0.1, 0.15) is 19.4 Å². The number of carboxylic acid groups (broad SMARTS) is 1. The third kappa shape index (κ3) is 5.02. The lowest BCUT2D eigenvalue weighted by Gasteiger charge is -2.33. The summed E-state index contributed by atoms with van der Waals surface area (Å²) in [6.07, 6.45) is -4.50. The number of hydrogen-bond acceptors (Lipinski definition) is 3. The molecular formula is C14H18F3NO3. The van der Waals surface area contributed by atoms with E-state index >= 15 is 0 Å². The molecule has 1 rings (SSSR count). The van der Waals surface area contributed by atoms with Gasteiger partial charge in [-0.15, -0.1) is 0 Å². The van der Waals surface area contributed by atoms with E-state index in [9.17, 15) is 23.1 Å². The highest BCUT2D eigenvalue weighted by molar-refractivity contribution is 5.81. The van der Waals surface area contributed by atoms with Crippen LogP contribution in [0.5, 0.6) is 0 Å². The highest BCUT2D eigenvalue weighted by atomic mass is 19.4. The van der Waals surface area contributed by atoms with Gasteiger partial charge in [0.1, 0.15) is 6.61 Å². The molecule has 0 aromatic heterocycles. The fourth-order valence-corrected chi connectivity index (χ4v) is 1.99. The maximum Gasteiger partial charge on any atom is 0.411 e. The maximum absolute atomic E-state index is 12.2. The molecular weight excluding hydrogens is 287 g/mol. The van der Waals surface area contributed by atoms with E-state index in [1.165, 1.54) is 0 Å². The zero-order valence-corrected chi connectivity index (χ0v) is 11.8. The molecule has 0 aliphatic rings. The van der Waals surface area contributed by atoms with Gasteiger partial charge in [0.25, 0.3) is 0 Å². The molecule has 1 atom stereocenters. The highest BCUT2D eigenvalue weighted by Gasteiger charge is 2.42. The first-order valence-electron chi connectivity index (χ1n) is 6.38. The second kappa shape index (κ2) is 6.91. The van der Waals surface area contributed by atoms with Crippen LogP contribution in [0.15, 0.2) is 30.3 Å². The van der Waals surface area contributed by atoms with Crippen molar-refractivity contribution in [1.29, 1.82) is 0 Å². The van der Waals surface area contributed by atoms with Crippen LogP contribution in [0.3, 0.4) is 0 Å². The molecule has 0 saturated carbocycles. The molecule has 7 heteroatoms. The number of carboxylic acids is 1. The van der Waals surface area contributed by atoms with E-state index in [-0.39, 0.29) is 6.04 Å². The zero-order chi connectivity index (χ0) is 16.1. The maximum atomic E-state index is 12.2. The molecule has 0 aliphatic heterocycles. The first-order chi connectivity index (χ1) is 9.67. The summed E-state index contributed by atoms with van der Waals surface area (Å²) < 4.78 is 41.2. The average Bonchev–Trinajstić information content (AvgIpc) is 2.36.